The summed E-state index contributed by atoms with van der Waals surface area (Å²) in [6.45, 7) is 13.1. The lowest BCUT2D eigenvalue weighted by atomic mass is 9.87. The summed E-state index contributed by atoms with van der Waals surface area (Å²) in [6, 6.07) is 10.3. The minimum Gasteiger partial charge on any atom is -0.489 e. The maximum Gasteiger partial charge on any atom is 0.337 e. The second-order valence-electron chi connectivity index (χ2n) is 12.2. The summed E-state index contributed by atoms with van der Waals surface area (Å²) in [5, 5.41) is 11.5. The summed E-state index contributed by atoms with van der Waals surface area (Å²) in [6.07, 6.45) is 2.97. The van der Waals surface area contributed by atoms with Crippen molar-refractivity contribution in [3.8, 4) is 16.9 Å². The van der Waals surface area contributed by atoms with Gasteiger partial charge in [0.2, 0.25) is 16.0 Å². The van der Waals surface area contributed by atoms with Crippen LogP contribution in [0.3, 0.4) is 0 Å². The Balaban J connectivity index is 1.67. The molecule has 0 unspecified atom stereocenters. The number of anilines is 2. The molecule has 12 heteroatoms. The molecule has 1 aliphatic rings. The van der Waals surface area contributed by atoms with Gasteiger partial charge < -0.3 is 24.0 Å². The number of aryl methyl sites for hydroxylation is 2. The van der Waals surface area contributed by atoms with Crippen LogP contribution < -0.4 is 14.4 Å². The SMILES string of the molecule is Cc1ccc(-c2c([C@H](OC(C)(C)C)C(=O)O)c(C)c3c4c2cc(C)n4CCN3c2ncc(OCCNS(C)(=O)=O)cn2)cc1. The summed E-state index contributed by atoms with van der Waals surface area (Å²) in [4.78, 5) is 24.1. The number of hydrogen-bond acceptors (Lipinski definition) is 8. The van der Waals surface area contributed by atoms with Gasteiger partial charge in [-0.3, -0.25) is 0 Å². The van der Waals surface area contributed by atoms with Crippen molar-refractivity contribution in [2.45, 2.75) is 59.8 Å². The molecule has 2 aromatic carbocycles. The van der Waals surface area contributed by atoms with Crippen molar-refractivity contribution >= 4 is 38.5 Å². The van der Waals surface area contributed by atoms with E-state index in [2.05, 4.69) is 32.2 Å². The summed E-state index contributed by atoms with van der Waals surface area (Å²) in [5.74, 6) is -0.217. The second kappa shape index (κ2) is 11.8. The molecule has 0 radical (unpaired) electrons. The van der Waals surface area contributed by atoms with Crippen molar-refractivity contribution in [3.63, 3.8) is 0 Å². The lowest BCUT2D eigenvalue weighted by molar-refractivity contribution is -0.160. The van der Waals surface area contributed by atoms with E-state index in [0.717, 1.165) is 50.8 Å². The van der Waals surface area contributed by atoms with Gasteiger partial charge in [-0.2, -0.15) is 0 Å². The van der Waals surface area contributed by atoms with Crippen LogP contribution in [0.25, 0.3) is 22.0 Å². The van der Waals surface area contributed by atoms with E-state index in [1.165, 1.54) is 0 Å². The van der Waals surface area contributed by atoms with Gasteiger partial charge in [-0.05, 0) is 64.3 Å². The number of nitrogens with one attached hydrogen (secondary N) is 1. The van der Waals surface area contributed by atoms with Gasteiger partial charge in [0.15, 0.2) is 11.9 Å². The Morgan fingerprint density at radius 2 is 1.75 bits per heavy atom. The highest BCUT2D eigenvalue weighted by Crippen LogP contribution is 2.49. The average Bonchev–Trinajstić information content (AvgIpc) is 3.28. The fourth-order valence-corrected chi connectivity index (χ4v) is 6.21. The van der Waals surface area contributed by atoms with Crippen molar-refractivity contribution in [3.05, 3.63) is 65.1 Å². The van der Waals surface area contributed by atoms with E-state index in [1.807, 2.05) is 63.8 Å². The van der Waals surface area contributed by atoms with Crippen LogP contribution in [0.4, 0.5) is 11.6 Å². The smallest absolute Gasteiger partial charge is 0.337 e. The number of nitrogens with zero attached hydrogens (tertiary/aromatic N) is 4. The molecule has 2 aromatic heterocycles. The predicted molar refractivity (Wildman–Crippen MR) is 170 cm³/mol. The number of benzene rings is 2. The molecule has 44 heavy (non-hydrogen) atoms. The third-order valence-electron chi connectivity index (χ3n) is 7.53. The maximum absolute atomic E-state index is 12.9. The molecule has 2 N–H and O–H groups in total. The van der Waals surface area contributed by atoms with Gasteiger partial charge in [-0.25, -0.2) is 27.9 Å². The molecule has 1 atom stereocenters. The van der Waals surface area contributed by atoms with E-state index in [-0.39, 0.29) is 13.2 Å². The van der Waals surface area contributed by atoms with Crippen LogP contribution in [0, 0.1) is 20.8 Å². The minimum absolute atomic E-state index is 0.123. The first kappa shape index (κ1) is 31.4. The first-order valence-corrected chi connectivity index (χ1v) is 16.3. The van der Waals surface area contributed by atoms with Crippen molar-refractivity contribution in [1.82, 2.24) is 19.3 Å². The molecule has 0 saturated carbocycles. The number of ether oxygens (including phenoxy) is 2. The fraction of sp³-hybridized carbons (Fsp3) is 0.406. The Morgan fingerprint density at radius 3 is 2.34 bits per heavy atom. The average molecular weight is 622 g/mol. The Labute approximate surface area is 257 Å². The number of sulfonamides is 1. The largest absolute Gasteiger partial charge is 0.489 e. The number of rotatable bonds is 10. The number of hydrogen-bond donors (Lipinski definition) is 2. The molecule has 0 saturated heterocycles. The second-order valence-corrected chi connectivity index (χ2v) is 14.0. The van der Waals surface area contributed by atoms with Gasteiger partial charge in [0.1, 0.15) is 6.61 Å². The third kappa shape index (κ3) is 6.42. The zero-order chi connectivity index (χ0) is 32.0. The third-order valence-corrected chi connectivity index (χ3v) is 8.26. The molecule has 0 bridgehead atoms. The van der Waals surface area contributed by atoms with E-state index >= 15 is 0 Å². The molecular formula is C32H39N5O6S. The molecule has 0 fully saturated rings. The number of aromatic nitrogens is 3. The minimum atomic E-state index is -3.31. The van der Waals surface area contributed by atoms with Gasteiger partial charge in [-0.15, -0.1) is 0 Å². The van der Waals surface area contributed by atoms with Gasteiger partial charge in [0, 0.05) is 36.3 Å². The zero-order valence-electron chi connectivity index (χ0n) is 26.1. The van der Waals surface area contributed by atoms with E-state index in [0.29, 0.717) is 30.4 Å². The zero-order valence-corrected chi connectivity index (χ0v) is 26.9. The summed E-state index contributed by atoms with van der Waals surface area (Å²) in [5.41, 5.74) is 6.42. The maximum atomic E-state index is 12.9. The van der Waals surface area contributed by atoms with Crippen LogP contribution in [0.2, 0.25) is 0 Å². The van der Waals surface area contributed by atoms with Crippen LogP contribution in [-0.2, 0) is 26.1 Å². The number of carbonyl (C=O) groups is 1. The Bertz CT molecular complexity index is 1810. The Kier molecular flexibility index (Phi) is 8.45. The highest BCUT2D eigenvalue weighted by Gasteiger charge is 2.36. The molecular weight excluding hydrogens is 582 g/mol. The lowest BCUT2D eigenvalue weighted by Gasteiger charge is -2.35. The van der Waals surface area contributed by atoms with Gasteiger partial charge in [0.05, 0.1) is 35.5 Å². The van der Waals surface area contributed by atoms with E-state index in [4.69, 9.17) is 9.47 Å². The monoisotopic (exact) mass is 621 g/mol. The van der Waals surface area contributed by atoms with Gasteiger partial charge in [0.25, 0.3) is 0 Å². The van der Waals surface area contributed by atoms with Crippen LogP contribution in [0.15, 0.2) is 42.7 Å². The molecule has 234 valence electrons. The van der Waals surface area contributed by atoms with Crippen LogP contribution >= 0.6 is 0 Å². The summed E-state index contributed by atoms with van der Waals surface area (Å²) >= 11 is 0. The molecule has 0 spiro atoms. The van der Waals surface area contributed by atoms with Crippen molar-refractivity contribution < 1.29 is 27.8 Å². The topological polar surface area (TPSA) is 136 Å². The Hall–Kier alpha value is -4.00. The first-order chi connectivity index (χ1) is 20.6. The fourth-order valence-electron chi connectivity index (χ4n) is 5.76. The summed E-state index contributed by atoms with van der Waals surface area (Å²) < 4.78 is 39.1. The highest BCUT2D eigenvalue weighted by atomic mass is 32.2. The number of carboxylic acid groups (broad SMARTS) is 1. The molecule has 5 rings (SSSR count). The Morgan fingerprint density at radius 1 is 1.09 bits per heavy atom. The van der Waals surface area contributed by atoms with Gasteiger partial charge in [-0.1, -0.05) is 29.8 Å². The van der Waals surface area contributed by atoms with Crippen molar-refractivity contribution in [1.29, 1.82) is 0 Å². The van der Waals surface area contributed by atoms with Crippen LogP contribution in [0.5, 0.6) is 5.75 Å². The van der Waals surface area contributed by atoms with E-state index in [9.17, 15) is 18.3 Å². The summed E-state index contributed by atoms with van der Waals surface area (Å²) in [7, 11) is -3.31. The van der Waals surface area contributed by atoms with Crippen molar-refractivity contribution in [2.75, 3.05) is 30.9 Å². The normalized spacial score (nSPS) is 14.2. The number of carboxylic acids is 1. The molecule has 3 heterocycles. The number of aliphatic carboxylic acids is 1. The predicted octanol–water partition coefficient (Wildman–Crippen LogP) is 5.04. The van der Waals surface area contributed by atoms with Crippen LogP contribution in [0.1, 0.15) is 49.3 Å². The van der Waals surface area contributed by atoms with Crippen LogP contribution in [-0.4, -0.2) is 65.6 Å². The lowest BCUT2D eigenvalue weighted by Crippen LogP contribution is -2.32. The van der Waals surface area contributed by atoms with E-state index < -0.39 is 27.7 Å². The van der Waals surface area contributed by atoms with Gasteiger partial charge >= 0.3 is 5.97 Å². The van der Waals surface area contributed by atoms with E-state index in [1.54, 1.807) is 12.4 Å². The molecule has 1 aliphatic heterocycles. The first-order valence-electron chi connectivity index (χ1n) is 14.5. The van der Waals surface area contributed by atoms with Crippen molar-refractivity contribution in [2.24, 2.45) is 0 Å². The molecule has 0 amide bonds. The molecule has 0 aliphatic carbocycles. The molecule has 4 aromatic rings. The quantitative estimate of drug-likeness (QED) is 0.233. The highest BCUT2D eigenvalue weighted by molar-refractivity contribution is 7.88. The standard InChI is InChI=1S/C32H39N5O6S/c1-19-8-10-22(11-9-19)26-24-16-20(2)36-13-14-37(31-33-17-23(18-34-31)42-15-12-35-44(7,40)41)27(28(24)36)21(3)25(26)29(30(38)39)43-32(4,5)6/h8-11,16-18,29,35H,12-15H2,1-7H3,(H,38,39)/t29-/m0/s1. The molecule has 11 nitrogen and oxygen atoms in total.